The number of furan rings is 1. The number of aryl methyl sites for hydroxylation is 1. The largest absolute Gasteiger partial charge is 0.493 e. The zero-order chi connectivity index (χ0) is 13.9. The number of halogens is 1. The van der Waals surface area contributed by atoms with Gasteiger partial charge in [-0.25, -0.2) is 0 Å². The number of benzene rings is 1. The summed E-state index contributed by atoms with van der Waals surface area (Å²) < 4.78 is 11.5. The summed E-state index contributed by atoms with van der Waals surface area (Å²) in [6, 6.07) is 8.44. The van der Waals surface area contributed by atoms with Gasteiger partial charge in [0.05, 0.1) is 18.9 Å². The Labute approximate surface area is 126 Å². The van der Waals surface area contributed by atoms with E-state index in [-0.39, 0.29) is 6.04 Å². The van der Waals surface area contributed by atoms with Crippen molar-refractivity contribution < 1.29 is 9.15 Å². The minimum Gasteiger partial charge on any atom is -0.493 e. The number of fused-ring (bicyclic) bond motifs is 1. The fraction of sp³-hybridized carbons (Fsp3) is 0.333. The Bertz CT molecular complexity index is 597. The Hall–Kier alpha value is -1.30. The second-order valence-electron chi connectivity index (χ2n) is 4.95. The molecular weight excluding hydrogens is 320 g/mol. The second-order valence-corrected chi connectivity index (χ2v) is 5.67. The molecule has 1 aliphatic heterocycles. The van der Waals surface area contributed by atoms with Crippen LogP contribution < -0.4 is 16.0 Å². The van der Waals surface area contributed by atoms with Gasteiger partial charge in [-0.3, -0.25) is 11.3 Å². The lowest BCUT2D eigenvalue weighted by Gasteiger charge is -2.15. The van der Waals surface area contributed by atoms with Gasteiger partial charge in [0, 0.05) is 12.0 Å². The van der Waals surface area contributed by atoms with Crippen molar-refractivity contribution in [2.75, 3.05) is 6.61 Å². The van der Waals surface area contributed by atoms with E-state index >= 15 is 0 Å². The van der Waals surface area contributed by atoms with E-state index in [1.165, 1.54) is 11.1 Å². The molecule has 4 nitrogen and oxygen atoms in total. The molecule has 1 unspecified atom stereocenters. The van der Waals surface area contributed by atoms with Crippen LogP contribution in [0.2, 0.25) is 0 Å². The van der Waals surface area contributed by atoms with Gasteiger partial charge in [0.25, 0.3) is 0 Å². The maximum absolute atomic E-state index is 5.65. The van der Waals surface area contributed by atoms with E-state index in [4.69, 9.17) is 15.0 Å². The van der Waals surface area contributed by atoms with Crippen molar-refractivity contribution in [1.29, 1.82) is 0 Å². The molecule has 3 N–H and O–H groups in total. The SMILES string of the molecule is NNC(CCc1ccc2c(c1)CCO2)c1ccoc1Br. The number of hydrazine groups is 1. The molecule has 1 aromatic heterocycles. The summed E-state index contributed by atoms with van der Waals surface area (Å²) >= 11 is 3.40. The number of rotatable bonds is 5. The Morgan fingerprint density at radius 1 is 1.35 bits per heavy atom. The third-order valence-electron chi connectivity index (χ3n) is 3.70. The van der Waals surface area contributed by atoms with Gasteiger partial charge in [-0.2, -0.15) is 0 Å². The van der Waals surface area contributed by atoms with Crippen LogP contribution in [0.15, 0.2) is 39.6 Å². The molecule has 0 saturated heterocycles. The van der Waals surface area contributed by atoms with Crippen molar-refractivity contribution in [2.24, 2.45) is 5.84 Å². The summed E-state index contributed by atoms with van der Waals surface area (Å²) in [5.74, 6) is 6.68. The first-order valence-corrected chi connectivity index (χ1v) is 7.51. The molecule has 1 aromatic carbocycles. The van der Waals surface area contributed by atoms with E-state index in [0.717, 1.165) is 41.9 Å². The van der Waals surface area contributed by atoms with Gasteiger partial charge in [-0.15, -0.1) is 0 Å². The smallest absolute Gasteiger partial charge is 0.173 e. The molecule has 2 heterocycles. The van der Waals surface area contributed by atoms with Crippen molar-refractivity contribution in [3.05, 3.63) is 51.9 Å². The summed E-state index contributed by atoms with van der Waals surface area (Å²) in [5.41, 5.74) is 6.53. The maximum Gasteiger partial charge on any atom is 0.173 e. The van der Waals surface area contributed by atoms with Gasteiger partial charge in [0.2, 0.25) is 0 Å². The second kappa shape index (κ2) is 5.99. The van der Waals surface area contributed by atoms with E-state index in [2.05, 4.69) is 39.6 Å². The molecule has 0 amide bonds. The van der Waals surface area contributed by atoms with Crippen molar-refractivity contribution in [2.45, 2.75) is 25.3 Å². The first-order chi connectivity index (χ1) is 9.78. The van der Waals surface area contributed by atoms with Crippen LogP contribution >= 0.6 is 15.9 Å². The fourth-order valence-corrected chi connectivity index (χ4v) is 3.11. The number of nitrogens with two attached hydrogens (primary N) is 1. The van der Waals surface area contributed by atoms with Gasteiger partial charge in [-0.1, -0.05) is 12.1 Å². The molecule has 0 bridgehead atoms. The number of hydrogen-bond acceptors (Lipinski definition) is 4. The summed E-state index contributed by atoms with van der Waals surface area (Å²) in [7, 11) is 0. The number of nitrogens with one attached hydrogen (secondary N) is 1. The van der Waals surface area contributed by atoms with Crippen LogP contribution in [0, 0.1) is 0 Å². The highest BCUT2D eigenvalue weighted by Gasteiger charge is 2.16. The molecule has 0 spiro atoms. The van der Waals surface area contributed by atoms with Gasteiger partial charge in [0.15, 0.2) is 4.67 Å². The predicted octanol–water partition coefficient (Wildman–Crippen LogP) is 3.11. The highest BCUT2D eigenvalue weighted by atomic mass is 79.9. The van der Waals surface area contributed by atoms with E-state index in [0.29, 0.717) is 0 Å². The van der Waals surface area contributed by atoms with E-state index in [9.17, 15) is 0 Å². The van der Waals surface area contributed by atoms with E-state index in [1.807, 2.05) is 6.07 Å². The predicted molar refractivity (Wildman–Crippen MR) is 80.4 cm³/mol. The van der Waals surface area contributed by atoms with Crippen molar-refractivity contribution in [1.82, 2.24) is 5.43 Å². The Balaban J connectivity index is 1.68. The topological polar surface area (TPSA) is 60.4 Å². The average Bonchev–Trinajstić information content (AvgIpc) is 3.08. The Kier molecular flexibility index (Phi) is 4.10. The normalized spacial score (nSPS) is 14.9. The molecule has 2 aromatic rings. The zero-order valence-electron chi connectivity index (χ0n) is 11.1. The maximum atomic E-state index is 5.65. The lowest BCUT2D eigenvalue weighted by molar-refractivity contribution is 0.357. The molecule has 1 aliphatic rings. The van der Waals surface area contributed by atoms with Crippen LogP contribution in [0.25, 0.3) is 0 Å². The fourth-order valence-electron chi connectivity index (χ4n) is 2.59. The molecule has 0 aliphatic carbocycles. The lowest BCUT2D eigenvalue weighted by atomic mass is 9.99. The monoisotopic (exact) mass is 336 g/mol. The molecule has 106 valence electrons. The number of ether oxygens (including phenoxy) is 1. The molecule has 20 heavy (non-hydrogen) atoms. The third kappa shape index (κ3) is 2.75. The highest BCUT2D eigenvalue weighted by Crippen LogP contribution is 2.29. The minimum atomic E-state index is 0.0765. The Morgan fingerprint density at radius 3 is 3.00 bits per heavy atom. The average molecular weight is 337 g/mol. The molecule has 5 heteroatoms. The van der Waals surface area contributed by atoms with Crippen molar-refractivity contribution in [3.63, 3.8) is 0 Å². The summed E-state index contributed by atoms with van der Waals surface area (Å²) in [6.07, 6.45) is 4.54. The van der Waals surface area contributed by atoms with Crippen LogP contribution in [0.3, 0.4) is 0 Å². The highest BCUT2D eigenvalue weighted by molar-refractivity contribution is 9.10. The first kappa shape index (κ1) is 13.7. The van der Waals surface area contributed by atoms with Crippen LogP contribution in [-0.4, -0.2) is 6.61 Å². The van der Waals surface area contributed by atoms with E-state index < -0.39 is 0 Å². The molecule has 0 fully saturated rings. The van der Waals surface area contributed by atoms with Crippen LogP contribution in [0.5, 0.6) is 5.75 Å². The summed E-state index contributed by atoms with van der Waals surface area (Å²) in [4.78, 5) is 0. The molecular formula is C15H17BrN2O2. The van der Waals surface area contributed by atoms with Gasteiger partial charge >= 0.3 is 0 Å². The van der Waals surface area contributed by atoms with Crippen LogP contribution in [0.4, 0.5) is 0 Å². The van der Waals surface area contributed by atoms with Gasteiger partial charge in [0.1, 0.15) is 5.75 Å². The summed E-state index contributed by atoms with van der Waals surface area (Å²) in [5, 5.41) is 0. The van der Waals surface area contributed by atoms with Crippen LogP contribution in [-0.2, 0) is 12.8 Å². The first-order valence-electron chi connectivity index (χ1n) is 6.71. The van der Waals surface area contributed by atoms with Crippen molar-refractivity contribution >= 4 is 15.9 Å². The van der Waals surface area contributed by atoms with Gasteiger partial charge in [-0.05, 0) is 52.0 Å². The van der Waals surface area contributed by atoms with Crippen LogP contribution in [0.1, 0.15) is 29.2 Å². The molecule has 1 atom stereocenters. The zero-order valence-corrected chi connectivity index (χ0v) is 12.7. The Morgan fingerprint density at radius 2 is 2.25 bits per heavy atom. The molecule has 0 saturated carbocycles. The van der Waals surface area contributed by atoms with E-state index in [1.54, 1.807) is 6.26 Å². The third-order valence-corrected chi connectivity index (χ3v) is 4.34. The van der Waals surface area contributed by atoms with Crippen molar-refractivity contribution in [3.8, 4) is 5.75 Å². The van der Waals surface area contributed by atoms with Gasteiger partial charge < -0.3 is 9.15 Å². The molecule has 0 radical (unpaired) electrons. The summed E-state index contributed by atoms with van der Waals surface area (Å²) in [6.45, 7) is 0.799. The standard InChI is InChI=1S/C15H17BrN2O2/c16-15-12(6-8-20-15)13(18-17)3-1-10-2-4-14-11(9-10)5-7-19-14/h2,4,6,8-9,13,18H,1,3,5,7,17H2. The molecule has 3 rings (SSSR count). The minimum absolute atomic E-state index is 0.0765. The quantitative estimate of drug-likeness (QED) is 0.650. The number of hydrogen-bond donors (Lipinski definition) is 2. The lowest BCUT2D eigenvalue weighted by Crippen LogP contribution is -2.28.